The van der Waals surface area contributed by atoms with Crippen LogP contribution in [0, 0.1) is 6.92 Å². The zero-order chi connectivity index (χ0) is 19.4. The number of hydrogen-bond acceptors (Lipinski definition) is 5. The van der Waals surface area contributed by atoms with Crippen molar-refractivity contribution < 1.29 is 19.0 Å². The minimum Gasteiger partial charge on any atom is -0.493 e. The van der Waals surface area contributed by atoms with E-state index in [1.54, 1.807) is 26.5 Å². The van der Waals surface area contributed by atoms with Crippen LogP contribution in [0.2, 0.25) is 0 Å². The first-order chi connectivity index (χ1) is 13.1. The van der Waals surface area contributed by atoms with Gasteiger partial charge in [0.25, 0.3) is 5.91 Å². The largest absolute Gasteiger partial charge is 0.493 e. The molecule has 2 aromatic rings. The average molecular weight is 369 g/mol. The normalized spacial score (nSPS) is 12.2. The number of nitrogens with one attached hydrogen (secondary N) is 2. The third kappa shape index (κ3) is 4.03. The Morgan fingerprint density at radius 3 is 2.93 bits per heavy atom. The Morgan fingerprint density at radius 1 is 1.41 bits per heavy atom. The van der Waals surface area contributed by atoms with Crippen LogP contribution in [0.4, 0.5) is 5.69 Å². The van der Waals surface area contributed by atoms with Crippen molar-refractivity contribution in [2.75, 3.05) is 27.4 Å². The Labute approximate surface area is 158 Å². The number of fused-ring (bicyclic) bond motifs is 1. The molecule has 0 saturated heterocycles. The van der Waals surface area contributed by atoms with E-state index in [-0.39, 0.29) is 5.91 Å². The molecule has 0 unspecified atom stereocenters. The summed E-state index contributed by atoms with van der Waals surface area (Å²) < 4.78 is 15.7. The lowest BCUT2D eigenvalue weighted by Gasteiger charge is -2.06. The molecule has 27 heavy (non-hydrogen) atoms. The summed E-state index contributed by atoms with van der Waals surface area (Å²) in [6, 6.07) is 3.73. The summed E-state index contributed by atoms with van der Waals surface area (Å²) in [5.41, 5.74) is 3.30. The number of benzene rings is 1. The Balaban J connectivity index is 1.87. The molecule has 7 heteroatoms. The smallest absolute Gasteiger partial charge is 0.255 e. The first kappa shape index (κ1) is 18.7. The minimum absolute atomic E-state index is 0.182. The van der Waals surface area contributed by atoms with Crippen LogP contribution in [0.1, 0.15) is 28.0 Å². The standard InChI is InChI=1S/C20H23N3O4/c1-5-15(13-9-16(26-4)19-17(10-13)27-19)23-18-12(2)22-11-14(18)20(24)21-7-6-8-25-3/h5,9-11,22H,1,6-8H2,2-4H3,(H,21,24). The lowest BCUT2D eigenvalue weighted by molar-refractivity contribution is 0.0949. The number of aromatic nitrogens is 1. The second kappa shape index (κ2) is 8.09. The van der Waals surface area contributed by atoms with Gasteiger partial charge in [0, 0.05) is 37.7 Å². The van der Waals surface area contributed by atoms with E-state index in [0.29, 0.717) is 35.9 Å². The zero-order valence-electron chi connectivity index (χ0n) is 15.7. The van der Waals surface area contributed by atoms with Gasteiger partial charge in [0.05, 0.1) is 24.1 Å². The highest BCUT2D eigenvalue weighted by Gasteiger charge is 2.27. The number of carbonyl (C=O) groups excluding carboxylic acids is 1. The molecule has 1 aliphatic rings. The molecule has 1 aliphatic heterocycles. The van der Waals surface area contributed by atoms with Gasteiger partial charge in [0.1, 0.15) is 0 Å². The van der Waals surface area contributed by atoms with Gasteiger partial charge < -0.3 is 24.5 Å². The van der Waals surface area contributed by atoms with E-state index in [9.17, 15) is 4.79 Å². The predicted molar refractivity (Wildman–Crippen MR) is 104 cm³/mol. The second-order valence-corrected chi connectivity index (χ2v) is 6.09. The van der Waals surface area contributed by atoms with Gasteiger partial charge in [0.2, 0.25) is 5.75 Å². The summed E-state index contributed by atoms with van der Waals surface area (Å²) >= 11 is 0. The summed E-state index contributed by atoms with van der Waals surface area (Å²) in [6.07, 6.45) is 4.06. The molecular weight excluding hydrogens is 346 g/mol. The number of carbonyl (C=O) groups is 1. The molecule has 1 aromatic heterocycles. The summed E-state index contributed by atoms with van der Waals surface area (Å²) in [6.45, 7) is 6.86. The van der Waals surface area contributed by atoms with Crippen LogP contribution in [-0.2, 0) is 4.74 Å². The molecule has 0 fully saturated rings. The molecule has 1 aromatic carbocycles. The summed E-state index contributed by atoms with van der Waals surface area (Å²) in [7, 11) is 3.23. The quantitative estimate of drug-likeness (QED) is 0.343. The molecule has 0 saturated carbocycles. The molecule has 0 atom stereocenters. The van der Waals surface area contributed by atoms with Crippen molar-refractivity contribution in [1.29, 1.82) is 0 Å². The molecule has 0 spiro atoms. The van der Waals surface area contributed by atoms with E-state index in [1.807, 2.05) is 19.1 Å². The van der Waals surface area contributed by atoms with Gasteiger partial charge in [-0.15, -0.1) is 0 Å². The number of ether oxygens (including phenoxy) is 3. The van der Waals surface area contributed by atoms with Crippen molar-refractivity contribution in [2.24, 2.45) is 4.99 Å². The molecule has 142 valence electrons. The predicted octanol–water partition coefficient (Wildman–Crippen LogP) is 3.51. The number of H-pyrrole nitrogens is 1. The van der Waals surface area contributed by atoms with Crippen molar-refractivity contribution in [3.8, 4) is 17.2 Å². The maximum atomic E-state index is 12.5. The lowest BCUT2D eigenvalue weighted by atomic mass is 10.1. The van der Waals surface area contributed by atoms with Crippen molar-refractivity contribution in [3.05, 3.63) is 47.8 Å². The number of allylic oxidation sites excluding steroid dienone is 1. The van der Waals surface area contributed by atoms with Crippen LogP contribution in [0.5, 0.6) is 17.2 Å². The Hall–Kier alpha value is -3.06. The van der Waals surface area contributed by atoms with E-state index in [2.05, 4.69) is 21.9 Å². The first-order valence-electron chi connectivity index (χ1n) is 8.65. The number of aromatic amines is 1. The van der Waals surface area contributed by atoms with Crippen LogP contribution in [-0.4, -0.2) is 44.0 Å². The monoisotopic (exact) mass is 369 g/mol. The van der Waals surface area contributed by atoms with E-state index in [4.69, 9.17) is 14.2 Å². The SMILES string of the molecule is C=CC(=Nc1c(C(=O)NCCCOC)c[nH]c1C)c1cc(OC)c2c(c1)O2. The highest BCUT2D eigenvalue weighted by atomic mass is 16.6. The number of amides is 1. The van der Waals surface area contributed by atoms with Crippen LogP contribution < -0.4 is 14.8 Å². The van der Waals surface area contributed by atoms with E-state index in [1.165, 1.54) is 0 Å². The molecule has 3 rings (SSSR count). The van der Waals surface area contributed by atoms with Gasteiger partial charge in [-0.3, -0.25) is 4.79 Å². The highest BCUT2D eigenvalue weighted by Crippen LogP contribution is 2.53. The van der Waals surface area contributed by atoms with E-state index < -0.39 is 0 Å². The van der Waals surface area contributed by atoms with Crippen LogP contribution in [0.15, 0.2) is 36.0 Å². The number of nitrogens with zero attached hydrogens (tertiary/aromatic N) is 1. The number of methoxy groups -OCH3 is 2. The van der Waals surface area contributed by atoms with Gasteiger partial charge in [-0.25, -0.2) is 4.99 Å². The van der Waals surface area contributed by atoms with Gasteiger partial charge in [-0.05, 0) is 31.6 Å². The number of hydrogen-bond donors (Lipinski definition) is 2. The Morgan fingerprint density at radius 2 is 2.22 bits per heavy atom. The van der Waals surface area contributed by atoms with Gasteiger partial charge in [-0.1, -0.05) is 6.58 Å². The van der Waals surface area contributed by atoms with Crippen LogP contribution >= 0.6 is 0 Å². The highest BCUT2D eigenvalue weighted by molar-refractivity contribution is 6.12. The number of rotatable bonds is 9. The first-order valence-corrected chi connectivity index (χ1v) is 8.65. The van der Waals surface area contributed by atoms with Crippen molar-refractivity contribution >= 4 is 17.3 Å². The van der Waals surface area contributed by atoms with Crippen LogP contribution in [0.3, 0.4) is 0 Å². The summed E-state index contributed by atoms with van der Waals surface area (Å²) in [4.78, 5) is 20.3. The van der Waals surface area contributed by atoms with Gasteiger partial charge in [-0.2, -0.15) is 0 Å². The van der Waals surface area contributed by atoms with E-state index in [0.717, 1.165) is 29.2 Å². The van der Waals surface area contributed by atoms with Crippen molar-refractivity contribution in [3.63, 3.8) is 0 Å². The van der Waals surface area contributed by atoms with Gasteiger partial charge >= 0.3 is 0 Å². The maximum absolute atomic E-state index is 12.5. The Bertz CT molecular complexity index is 899. The number of aliphatic imine (C=N–C) groups is 1. The molecule has 2 N–H and O–H groups in total. The number of aryl methyl sites for hydroxylation is 1. The van der Waals surface area contributed by atoms with Gasteiger partial charge in [0.15, 0.2) is 11.5 Å². The summed E-state index contributed by atoms with van der Waals surface area (Å²) in [5, 5.41) is 2.88. The fraction of sp³-hybridized carbons (Fsp3) is 0.300. The zero-order valence-corrected chi connectivity index (χ0v) is 15.7. The topological polar surface area (TPSA) is 88.2 Å². The second-order valence-electron chi connectivity index (χ2n) is 6.09. The molecule has 2 heterocycles. The molecule has 1 amide bonds. The van der Waals surface area contributed by atoms with Crippen molar-refractivity contribution in [2.45, 2.75) is 13.3 Å². The fourth-order valence-corrected chi connectivity index (χ4v) is 2.74. The maximum Gasteiger partial charge on any atom is 0.255 e. The fourth-order valence-electron chi connectivity index (χ4n) is 2.74. The molecule has 7 nitrogen and oxygen atoms in total. The Kier molecular flexibility index (Phi) is 5.61. The molecule has 0 radical (unpaired) electrons. The molecular formula is C20H23N3O4. The van der Waals surface area contributed by atoms with Crippen LogP contribution in [0.25, 0.3) is 0 Å². The average Bonchev–Trinajstić information content (AvgIpc) is 3.37. The lowest BCUT2D eigenvalue weighted by Crippen LogP contribution is -2.25. The molecule has 0 aliphatic carbocycles. The summed E-state index contributed by atoms with van der Waals surface area (Å²) in [5.74, 6) is 1.98. The third-order valence-electron chi connectivity index (χ3n) is 4.23. The van der Waals surface area contributed by atoms with E-state index >= 15 is 0 Å². The third-order valence-corrected chi connectivity index (χ3v) is 4.23. The minimum atomic E-state index is -0.182. The van der Waals surface area contributed by atoms with Crippen molar-refractivity contribution in [1.82, 2.24) is 10.3 Å². The molecule has 0 bridgehead atoms.